The van der Waals surface area contributed by atoms with Crippen LogP contribution in [-0.4, -0.2) is 17.7 Å². The molecule has 3 nitrogen and oxygen atoms in total. The van der Waals surface area contributed by atoms with Crippen LogP contribution in [0.5, 0.6) is 0 Å². The van der Waals surface area contributed by atoms with Gasteiger partial charge in [-0.15, -0.1) is 11.3 Å². The number of carbonyl (C=O) groups excluding carboxylic acids is 1. The maximum absolute atomic E-state index is 11.1. The summed E-state index contributed by atoms with van der Waals surface area (Å²) in [5.41, 5.74) is 0. The van der Waals surface area contributed by atoms with Gasteiger partial charge in [0.15, 0.2) is 0 Å². The molecule has 0 bridgehead atoms. The maximum Gasteiger partial charge on any atom is 0.308 e. The molecule has 1 unspecified atom stereocenters. The Bertz CT molecular complexity index is 332. The summed E-state index contributed by atoms with van der Waals surface area (Å²) in [5, 5.41) is 9.72. The standard InChI is InChI=1S/C9H10Br2O3S/c1-2-14-8(13)4-6(12)7-3-5(10)9(11)15-7/h3,6,12H,2,4H2,1H3. The first-order valence-electron chi connectivity index (χ1n) is 4.33. The molecule has 0 radical (unpaired) electrons. The number of thiophene rings is 1. The van der Waals surface area contributed by atoms with E-state index in [9.17, 15) is 9.90 Å². The molecule has 0 saturated carbocycles. The van der Waals surface area contributed by atoms with Crippen LogP contribution >= 0.6 is 43.2 Å². The van der Waals surface area contributed by atoms with E-state index < -0.39 is 6.10 Å². The van der Waals surface area contributed by atoms with Gasteiger partial charge in [-0.2, -0.15) is 0 Å². The summed E-state index contributed by atoms with van der Waals surface area (Å²) < 4.78 is 6.54. The number of rotatable bonds is 4. The van der Waals surface area contributed by atoms with Gasteiger partial charge in [-0.1, -0.05) is 0 Å². The van der Waals surface area contributed by atoms with Gasteiger partial charge in [-0.05, 0) is 44.8 Å². The summed E-state index contributed by atoms with van der Waals surface area (Å²) in [5.74, 6) is -0.384. The minimum atomic E-state index is -0.795. The number of aliphatic hydroxyl groups is 1. The number of hydrogen-bond donors (Lipinski definition) is 1. The first-order chi connectivity index (χ1) is 7.04. The van der Waals surface area contributed by atoms with E-state index in [1.165, 1.54) is 11.3 Å². The number of ether oxygens (including phenoxy) is 1. The van der Waals surface area contributed by atoms with Crippen molar-refractivity contribution in [3.05, 3.63) is 19.2 Å². The number of hydrogen-bond acceptors (Lipinski definition) is 4. The minimum absolute atomic E-state index is 0.00671. The van der Waals surface area contributed by atoms with Gasteiger partial charge in [0, 0.05) is 9.35 Å². The summed E-state index contributed by atoms with van der Waals surface area (Å²) in [4.78, 5) is 11.9. The Kier molecular flexibility index (Phi) is 5.25. The molecule has 6 heteroatoms. The lowest BCUT2D eigenvalue weighted by Gasteiger charge is -2.06. The Labute approximate surface area is 109 Å². The lowest BCUT2D eigenvalue weighted by Crippen LogP contribution is -2.09. The van der Waals surface area contributed by atoms with E-state index in [0.29, 0.717) is 6.61 Å². The van der Waals surface area contributed by atoms with Crippen LogP contribution in [0.1, 0.15) is 24.3 Å². The molecular weight excluding hydrogens is 348 g/mol. The highest BCUT2D eigenvalue weighted by molar-refractivity contribution is 9.13. The average Bonchev–Trinajstić information content (AvgIpc) is 2.47. The van der Waals surface area contributed by atoms with Crippen molar-refractivity contribution in [3.8, 4) is 0 Å². The molecule has 1 aromatic heterocycles. The zero-order valence-electron chi connectivity index (χ0n) is 8.00. The molecule has 0 aliphatic rings. The van der Waals surface area contributed by atoms with Crippen molar-refractivity contribution < 1.29 is 14.6 Å². The van der Waals surface area contributed by atoms with Crippen LogP contribution in [0.2, 0.25) is 0 Å². The second kappa shape index (κ2) is 5.98. The van der Waals surface area contributed by atoms with Crippen molar-refractivity contribution in [2.24, 2.45) is 0 Å². The Morgan fingerprint density at radius 1 is 1.67 bits per heavy atom. The van der Waals surface area contributed by atoms with Crippen LogP contribution in [0.15, 0.2) is 14.3 Å². The SMILES string of the molecule is CCOC(=O)CC(O)c1cc(Br)c(Br)s1. The Morgan fingerprint density at radius 2 is 2.33 bits per heavy atom. The number of carbonyl (C=O) groups is 1. The molecule has 0 spiro atoms. The molecule has 0 fully saturated rings. The van der Waals surface area contributed by atoms with Crippen molar-refractivity contribution >= 4 is 49.2 Å². The van der Waals surface area contributed by atoms with Crippen molar-refractivity contribution in [3.63, 3.8) is 0 Å². The summed E-state index contributed by atoms with van der Waals surface area (Å²) in [6.45, 7) is 2.08. The highest BCUT2D eigenvalue weighted by Gasteiger charge is 2.17. The van der Waals surface area contributed by atoms with Gasteiger partial charge < -0.3 is 9.84 Å². The molecule has 1 atom stereocenters. The van der Waals surface area contributed by atoms with Crippen LogP contribution in [-0.2, 0) is 9.53 Å². The van der Waals surface area contributed by atoms with Gasteiger partial charge in [-0.3, -0.25) is 4.79 Å². The molecule has 1 N–H and O–H groups in total. The zero-order valence-corrected chi connectivity index (χ0v) is 12.0. The summed E-state index contributed by atoms with van der Waals surface area (Å²) >= 11 is 8.04. The molecule has 84 valence electrons. The van der Waals surface area contributed by atoms with Gasteiger partial charge in [0.25, 0.3) is 0 Å². The number of aliphatic hydroxyl groups excluding tert-OH is 1. The Hall–Kier alpha value is 0.0900. The van der Waals surface area contributed by atoms with E-state index >= 15 is 0 Å². The predicted octanol–water partition coefficient (Wildman–Crippen LogP) is 3.26. The van der Waals surface area contributed by atoms with E-state index in [1.54, 1.807) is 13.0 Å². The average molecular weight is 358 g/mol. The third-order valence-corrected chi connectivity index (χ3v) is 5.02. The maximum atomic E-state index is 11.1. The highest BCUT2D eigenvalue weighted by Crippen LogP contribution is 2.36. The molecule has 0 aliphatic carbocycles. The van der Waals surface area contributed by atoms with Crippen LogP contribution in [0, 0.1) is 0 Å². The van der Waals surface area contributed by atoms with Gasteiger partial charge in [-0.25, -0.2) is 0 Å². The fourth-order valence-electron chi connectivity index (χ4n) is 1.01. The fraction of sp³-hybridized carbons (Fsp3) is 0.444. The molecule has 1 aromatic rings. The van der Waals surface area contributed by atoms with Gasteiger partial charge in [0.2, 0.25) is 0 Å². The van der Waals surface area contributed by atoms with E-state index in [-0.39, 0.29) is 12.4 Å². The lowest BCUT2D eigenvalue weighted by molar-refractivity contribution is -0.145. The molecule has 1 rings (SSSR count). The Balaban J connectivity index is 2.60. The second-order valence-electron chi connectivity index (χ2n) is 2.80. The smallest absolute Gasteiger partial charge is 0.308 e. The summed E-state index contributed by atoms with van der Waals surface area (Å²) in [7, 11) is 0. The van der Waals surface area contributed by atoms with Crippen LogP contribution < -0.4 is 0 Å². The lowest BCUT2D eigenvalue weighted by atomic mass is 10.2. The van der Waals surface area contributed by atoms with Gasteiger partial charge in [0.05, 0.1) is 22.9 Å². The fourth-order valence-corrected chi connectivity index (χ4v) is 3.08. The predicted molar refractivity (Wildman–Crippen MR) is 65.9 cm³/mol. The highest BCUT2D eigenvalue weighted by atomic mass is 79.9. The van der Waals surface area contributed by atoms with E-state index in [1.807, 2.05) is 0 Å². The largest absolute Gasteiger partial charge is 0.466 e. The van der Waals surface area contributed by atoms with Crippen LogP contribution in [0.4, 0.5) is 0 Å². The number of esters is 1. The van der Waals surface area contributed by atoms with Gasteiger partial charge in [0.1, 0.15) is 0 Å². The van der Waals surface area contributed by atoms with Crippen molar-refractivity contribution in [2.45, 2.75) is 19.4 Å². The molecule has 1 heterocycles. The zero-order chi connectivity index (χ0) is 11.4. The van der Waals surface area contributed by atoms with Crippen LogP contribution in [0.25, 0.3) is 0 Å². The first-order valence-corrected chi connectivity index (χ1v) is 6.73. The summed E-state index contributed by atoms with van der Waals surface area (Å²) in [6.07, 6.45) is -0.801. The quantitative estimate of drug-likeness (QED) is 0.841. The van der Waals surface area contributed by atoms with E-state index in [0.717, 1.165) is 13.1 Å². The minimum Gasteiger partial charge on any atom is -0.466 e. The molecule has 0 aromatic carbocycles. The third kappa shape index (κ3) is 3.86. The van der Waals surface area contributed by atoms with E-state index in [2.05, 4.69) is 31.9 Å². The topological polar surface area (TPSA) is 46.5 Å². The molecule has 0 aliphatic heterocycles. The monoisotopic (exact) mass is 356 g/mol. The van der Waals surface area contributed by atoms with Crippen molar-refractivity contribution in [1.82, 2.24) is 0 Å². The molecule has 15 heavy (non-hydrogen) atoms. The number of halogens is 2. The van der Waals surface area contributed by atoms with Gasteiger partial charge >= 0.3 is 5.97 Å². The normalized spacial score (nSPS) is 12.5. The third-order valence-electron chi connectivity index (χ3n) is 1.66. The molecule has 0 saturated heterocycles. The molecule has 0 amide bonds. The second-order valence-corrected chi connectivity index (χ2v) is 6.05. The summed E-state index contributed by atoms with van der Waals surface area (Å²) in [6, 6.07) is 1.79. The van der Waals surface area contributed by atoms with Crippen LogP contribution in [0.3, 0.4) is 0 Å². The van der Waals surface area contributed by atoms with E-state index in [4.69, 9.17) is 4.74 Å². The molecular formula is C9H10Br2O3S. The first kappa shape index (κ1) is 13.2. The van der Waals surface area contributed by atoms with Crippen molar-refractivity contribution in [2.75, 3.05) is 6.61 Å². The van der Waals surface area contributed by atoms with Crippen molar-refractivity contribution in [1.29, 1.82) is 0 Å². The Morgan fingerprint density at radius 3 is 2.80 bits per heavy atom.